The van der Waals surface area contributed by atoms with Crippen LogP contribution in [0.2, 0.25) is 0 Å². The standard InChI is InChI=1S/C14H17N3O3/c15-13(19)12(9-4-3-5-10(18)8-9)17-14(20)11-6-1-2-7-16-11/h1-2,6-7,9,12H,3-5,8H2,(H2,15,19)(H,17,20)/t9-,12+/m0/s1. The number of nitrogens with zero attached hydrogens (tertiary/aromatic N) is 1. The van der Waals surface area contributed by atoms with Gasteiger partial charge in [0.1, 0.15) is 17.5 Å². The number of nitrogens with two attached hydrogens (primary N) is 1. The first kappa shape index (κ1) is 14.2. The first-order valence-electron chi connectivity index (χ1n) is 6.61. The molecule has 0 spiro atoms. The lowest BCUT2D eigenvalue weighted by Crippen LogP contribution is -2.50. The maximum absolute atomic E-state index is 12.0. The van der Waals surface area contributed by atoms with Crippen molar-refractivity contribution in [1.82, 2.24) is 10.3 Å². The zero-order chi connectivity index (χ0) is 14.5. The molecular weight excluding hydrogens is 258 g/mol. The maximum atomic E-state index is 12.0. The Hall–Kier alpha value is -2.24. The van der Waals surface area contributed by atoms with Crippen molar-refractivity contribution < 1.29 is 14.4 Å². The summed E-state index contributed by atoms with van der Waals surface area (Å²) in [6, 6.07) is 4.11. The fourth-order valence-electron chi connectivity index (χ4n) is 2.48. The van der Waals surface area contributed by atoms with Crippen molar-refractivity contribution in [2.45, 2.75) is 31.7 Å². The number of carbonyl (C=O) groups is 3. The second-order valence-electron chi connectivity index (χ2n) is 4.96. The molecule has 20 heavy (non-hydrogen) atoms. The molecule has 1 aromatic heterocycles. The van der Waals surface area contributed by atoms with Crippen molar-refractivity contribution >= 4 is 17.6 Å². The minimum Gasteiger partial charge on any atom is -0.368 e. The molecule has 1 fully saturated rings. The van der Waals surface area contributed by atoms with Crippen molar-refractivity contribution in [3.63, 3.8) is 0 Å². The van der Waals surface area contributed by atoms with Gasteiger partial charge in [-0.2, -0.15) is 0 Å². The van der Waals surface area contributed by atoms with Crippen molar-refractivity contribution in [3.05, 3.63) is 30.1 Å². The molecule has 1 heterocycles. The van der Waals surface area contributed by atoms with E-state index >= 15 is 0 Å². The molecule has 0 bridgehead atoms. The fourth-order valence-corrected chi connectivity index (χ4v) is 2.48. The van der Waals surface area contributed by atoms with Gasteiger partial charge in [-0.1, -0.05) is 6.07 Å². The van der Waals surface area contributed by atoms with E-state index in [4.69, 9.17) is 5.73 Å². The van der Waals surface area contributed by atoms with Crippen molar-refractivity contribution in [2.75, 3.05) is 0 Å². The number of hydrogen-bond donors (Lipinski definition) is 2. The number of hydrogen-bond acceptors (Lipinski definition) is 4. The van der Waals surface area contributed by atoms with E-state index in [-0.39, 0.29) is 23.8 Å². The maximum Gasteiger partial charge on any atom is 0.270 e. The molecule has 0 aromatic carbocycles. The molecule has 2 amide bonds. The topological polar surface area (TPSA) is 102 Å². The number of aromatic nitrogens is 1. The third-order valence-corrected chi connectivity index (χ3v) is 3.48. The smallest absolute Gasteiger partial charge is 0.270 e. The minimum atomic E-state index is -0.825. The molecule has 1 aliphatic carbocycles. The number of carbonyl (C=O) groups excluding carboxylic acids is 3. The molecule has 1 aromatic rings. The Balaban J connectivity index is 2.08. The summed E-state index contributed by atoms with van der Waals surface area (Å²) in [4.78, 5) is 39.0. The van der Waals surface area contributed by atoms with Crippen LogP contribution in [0.3, 0.4) is 0 Å². The average Bonchev–Trinajstić information content (AvgIpc) is 2.45. The monoisotopic (exact) mass is 275 g/mol. The van der Waals surface area contributed by atoms with Crippen molar-refractivity contribution in [2.24, 2.45) is 11.7 Å². The molecule has 1 aliphatic rings. The van der Waals surface area contributed by atoms with E-state index in [9.17, 15) is 14.4 Å². The van der Waals surface area contributed by atoms with Gasteiger partial charge in [0.15, 0.2) is 0 Å². The number of nitrogens with one attached hydrogen (secondary N) is 1. The molecule has 6 heteroatoms. The van der Waals surface area contributed by atoms with Gasteiger partial charge >= 0.3 is 0 Å². The van der Waals surface area contributed by atoms with Gasteiger partial charge in [0.2, 0.25) is 5.91 Å². The SMILES string of the molecule is NC(=O)[C@H](NC(=O)c1ccccn1)[C@H]1CCCC(=O)C1. The molecule has 3 N–H and O–H groups in total. The Labute approximate surface area is 116 Å². The highest BCUT2D eigenvalue weighted by molar-refractivity contribution is 5.96. The molecular formula is C14H17N3O3. The number of pyridine rings is 1. The Bertz CT molecular complexity index is 516. The summed E-state index contributed by atoms with van der Waals surface area (Å²) >= 11 is 0. The predicted molar refractivity (Wildman–Crippen MR) is 71.7 cm³/mol. The van der Waals surface area contributed by atoms with Crippen LogP contribution in [0.4, 0.5) is 0 Å². The number of amides is 2. The van der Waals surface area contributed by atoms with E-state index in [1.807, 2.05) is 0 Å². The normalized spacial score (nSPS) is 20.2. The largest absolute Gasteiger partial charge is 0.368 e. The van der Waals surface area contributed by atoms with Crippen molar-refractivity contribution in [1.29, 1.82) is 0 Å². The van der Waals surface area contributed by atoms with E-state index in [0.717, 1.165) is 6.42 Å². The van der Waals surface area contributed by atoms with Crippen LogP contribution in [-0.4, -0.2) is 28.6 Å². The third-order valence-electron chi connectivity index (χ3n) is 3.48. The molecule has 0 unspecified atom stereocenters. The van der Waals surface area contributed by atoms with Gasteiger partial charge in [0.05, 0.1) is 0 Å². The molecule has 1 saturated carbocycles. The summed E-state index contributed by atoms with van der Waals surface area (Å²) in [5.41, 5.74) is 5.58. The molecule has 2 rings (SSSR count). The van der Waals surface area contributed by atoms with Gasteiger partial charge < -0.3 is 11.1 Å². The third kappa shape index (κ3) is 3.40. The first-order chi connectivity index (χ1) is 9.58. The van der Waals surface area contributed by atoms with Crippen LogP contribution in [0, 0.1) is 5.92 Å². The molecule has 0 aliphatic heterocycles. The summed E-state index contributed by atoms with van der Waals surface area (Å²) in [5.74, 6) is -1.18. The van der Waals surface area contributed by atoms with Crippen LogP contribution in [0.1, 0.15) is 36.2 Å². The van der Waals surface area contributed by atoms with Crippen LogP contribution in [0.25, 0.3) is 0 Å². The fraction of sp³-hybridized carbons (Fsp3) is 0.429. The van der Waals surface area contributed by atoms with Gasteiger partial charge in [-0.25, -0.2) is 0 Å². The Morgan fingerprint density at radius 1 is 1.40 bits per heavy atom. The zero-order valence-electron chi connectivity index (χ0n) is 11.0. The second kappa shape index (κ2) is 6.27. The minimum absolute atomic E-state index is 0.111. The molecule has 6 nitrogen and oxygen atoms in total. The predicted octanol–water partition coefficient (Wildman–Crippen LogP) is 0.425. The highest BCUT2D eigenvalue weighted by atomic mass is 16.2. The molecule has 2 atom stereocenters. The highest BCUT2D eigenvalue weighted by Gasteiger charge is 2.32. The summed E-state index contributed by atoms with van der Waals surface area (Å²) < 4.78 is 0. The summed E-state index contributed by atoms with van der Waals surface area (Å²) in [7, 11) is 0. The van der Waals surface area contributed by atoms with Gasteiger partial charge in [-0.3, -0.25) is 19.4 Å². The van der Waals surface area contributed by atoms with Gasteiger partial charge in [0, 0.05) is 19.0 Å². The molecule has 0 saturated heterocycles. The second-order valence-corrected chi connectivity index (χ2v) is 4.96. The number of ketones is 1. The Morgan fingerprint density at radius 2 is 2.20 bits per heavy atom. The van der Waals surface area contributed by atoms with Crippen LogP contribution >= 0.6 is 0 Å². The van der Waals surface area contributed by atoms with E-state index in [2.05, 4.69) is 10.3 Å². The summed E-state index contributed by atoms with van der Waals surface area (Å²) in [6.45, 7) is 0. The van der Waals surface area contributed by atoms with E-state index in [0.29, 0.717) is 12.8 Å². The lowest BCUT2D eigenvalue weighted by Gasteiger charge is -2.27. The van der Waals surface area contributed by atoms with Crippen LogP contribution < -0.4 is 11.1 Å². The van der Waals surface area contributed by atoms with Crippen molar-refractivity contribution in [3.8, 4) is 0 Å². The lowest BCUT2D eigenvalue weighted by molar-refractivity contribution is -0.124. The van der Waals surface area contributed by atoms with E-state index < -0.39 is 17.9 Å². The number of primary amides is 1. The summed E-state index contributed by atoms with van der Waals surface area (Å²) in [5, 5.41) is 2.59. The summed E-state index contributed by atoms with van der Waals surface area (Å²) in [6.07, 6.45) is 3.76. The van der Waals surface area contributed by atoms with E-state index in [1.54, 1.807) is 18.2 Å². The number of Topliss-reactive ketones (excluding diaryl/α,β-unsaturated/α-hetero) is 1. The van der Waals surface area contributed by atoms with Crippen LogP contribution in [-0.2, 0) is 9.59 Å². The van der Waals surface area contributed by atoms with Crippen LogP contribution in [0.15, 0.2) is 24.4 Å². The Kier molecular flexibility index (Phi) is 4.45. The Morgan fingerprint density at radius 3 is 2.80 bits per heavy atom. The molecule has 106 valence electrons. The molecule has 0 radical (unpaired) electrons. The van der Waals surface area contributed by atoms with Crippen LogP contribution in [0.5, 0.6) is 0 Å². The van der Waals surface area contributed by atoms with Gasteiger partial charge in [0.25, 0.3) is 5.91 Å². The first-order valence-corrected chi connectivity index (χ1v) is 6.61. The van der Waals surface area contributed by atoms with Gasteiger partial charge in [-0.15, -0.1) is 0 Å². The zero-order valence-corrected chi connectivity index (χ0v) is 11.0. The quantitative estimate of drug-likeness (QED) is 0.831. The highest BCUT2D eigenvalue weighted by Crippen LogP contribution is 2.24. The lowest BCUT2D eigenvalue weighted by atomic mass is 9.83. The number of rotatable bonds is 4. The average molecular weight is 275 g/mol. The van der Waals surface area contributed by atoms with E-state index in [1.165, 1.54) is 6.20 Å². The van der Waals surface area contributed by atoms with Gasteiger partial charge in [-0.05, 0) is 30.9 Å².